The van der Waals surface area contributed by atoms with Gasteiger partial charge in [0.1, 0.15) is 12.2 Å². The van der Waals surface area contributed by atoms with Crippen LogP contribution in [0, 0.1) is 0 Å². The van der Waals surface area contributed by atoms with Crippen LogP contribution in [0.5, 0.6) is 0 Å². The van der Waals surface area contributed by atoms with Gasteiger partial charge in [0.2, 0.25) is 0 Å². The summed E-state index contributed by atoms with van der Waals surface area (Å²) in [5, 5.41) is 0. The first kappa shape index (κ1) is 25.8. The minimum atomic E-state index is -4.61. The Morgan fingerprint density at radius 3 is 1.50 bits per heavy atom. The summed E-state index contributed by atoms with van der Waals surface area (Å²) < 4.78 is 30.4. The van der Waals surface area contributed by atoms with Gasteiger partial charge in [-0.2, -0.15) is 0 Å². The molecule has 0 radical (unpaired) electrons. The fourth-order valence-corrected chi connectivity index (χ4v) is 1.92. The number of ether oxygens (including phenoxy) is 2. The largest absolute Gasteiger partial charge is 1.00 e. The second-order valence-electron chi connectivity index (χ2n) is 5.03. The average molecular weight is 372 g/mol. The van der Waals surface area contributed by atoms with Gasteiger partial charge in [-0.1, -0.05) is 13.2 Å². The average Bonchev–Trinajstić information content (AvgIpc) is 2.43. The number of esters is 2. The van der Waals surface area contributed by atoms with E-state index in [1.54, 1.807) is 0 Å². The van der Waals surface area contributed by atoms with Crippen molar-refractivity contribution < 1.29 is 67.1 Å². The molecule has 8 nitrogen and oxygen atoms in total. The molecule has 24 heavy (non-hydrogen) atoms. The molecule has 0 rings (SSSR count). The first-order chi connectivity index (χ1) is 10.4. The van der Waals surface area contributed by atoms with Crippen molar-refractivity contribution in [3.05, 3.63) is 24.3 Å². The predicted octanol–water partition coefficient (Wildman–Crippen LogP) is -1.49. The number of phosphoric ester groups is 1. The molecule has 0 aliphatic rings. The van der Waals surface area contributed by atoms with Crippen LogP contribution in [-0.4, -0.2) is 37.4 Å². The second kappa shape index (κ2) is 12.0. The molecule has 2 atom stereocenters. The number of carbonyl (C=O) groups excluding carboxylic acids is 2. The van der Waals surface area contributed by atoms with Crippen molar-refractivity contribution in [2.75, 3.05) is 13.2 Å². The standard InChI is InChI=1S/C14H23O8P.Na/c1-9(2)13(15)21-11(5)7-19-23(17,18)20-8-12(6)22-14(16)10(3)4;/h11-12H,1,3,7-8H2,2,4-6H3,(H,17,18);/q;+1/p-1. The first-order valence-corrected chi connectivity index (χ1v) is 8.23. The SMILES string of the molecule is C=C(C)C(=O)OC(C)COP(=O)([O-])OCC(C)OC(=O)C(=C)C.[Na+]. The molecule has 132 valence electrons. The van der Waals surface area contributed by atoms with Gasteiger partial charge in [-0.3, -0.25) is 4.57 Å². The van der Waals surface area contributed by atoms with Crippen molar-refractivity contribution in [2.24, 2.45) is 0 Å². The van der Waals surface area contributed by atoms with Gasteiger partial charge in [0.15, 0.2) is 0 Å². The Balaban J connectivity index is 0. The van der Waals surface area contributed by atoms with Crippen LogP contribution in [-0.2, 0) is 32.7 Å². The van der Waals surface area contributed by atoms with Crippen molar-refractivity contribution in [3.63, 3.8) is 0 Å². The first-order valence-electron chi connectivity index (χ1n) is 6.77. The van der Waals surface area contributed by atoms with Crippen LogP contribution in [0.4, 0.5) is 0 Å². The van der Waals surface area contributed by atoms with Gasteiger partial charge in [-0.05, 0) is 27.7 Å². The summed E-state index contributed by atoms with van der Waals surface area (Å²) in [7, 11) is -4.61. The molecule has 0 aliphatic carbocycles. The van der Waals surface area contributed by atoms with Crippen LogP contribution in [0.25, 0.3) is 0 Å². The minimum absolute atomic E-state index is 0. The van der Waals surface area contributed by atoms with Crippen molar-refractivity contribution in [1.29, 1.82) is 0 Å². The molecule has 2 unspecified atom stereocenters. The number of hydrogen-bond acceptors (Lipinski definition) is 8. The molecule has 0 aromatic rings. The minimum Gasteiger partial charge on any atom is -0.756 e. The van der Waals surface area contributed by atoms with Crippen LogP contribution in [0.15, 0.2) is 24.3 Å². The summed E-state index contributed by atoms with van der Waals surface area (Å²) in [5.74, 6) is -1.30. The van der Waals surface area contributed by atoms with E-state index in [1.165, 1.54) is 27.7 Å². The normalized spacial score (nSPS) is 15.2. The Labute approximate surface area is 164 Å². The Morgan fingerprint density at radius 1 is 0.958 bits per heavy atom. The molecule has 0 heterocycles. The van der Waals surface area contributed by atoms with E-state index in [1.807, 2.05) is 0 Å². The number of hydrogen-bond donors (Lipinski definition) is 0. The fourth-order valence-electron chi connectivity index (χ4n) is 1.06. The van der Waals surface area contributed by atoms with Gasteiger partial charge in [0, 0.05) is 11.1 Å². The Kier molecular flexibility index (Phi) is 12.9. The number of carbonyl (C=O) groups is 2. The summed E-state index contributed by atoms with van der Waals surface area (Å²) in [6.07, 6.45) is -1.60. The Hall–Kier alpha value is -0.470. The predicted molar refractivity (Wildman–Crippen MR) is 80.2 cm³/mol. The molecule has 0 amide bonds. The summed E-state index contributed by atoms with van der Waals surface area (Å²) in [6, 6.07) is 0. The van der Waals surface area contributed by atoms with Crippen LogP contribution in [0.2, 0.25) is 0 Å². The van der Waals surface area contributed by atoms with Gasteiger partial charge in [0.05, 0.1) is 13.2 Å². The van der Waals surface area contributed by atoms with E-state index in [-0.39, 0.29) is 40.7 Å². The maximum Gasteiger partial charge on any atom is 1.00 e. The van der Waals surface area contributed by atoms with Crippen molar-refractivity contribution in [3.8, 4) is 0 Å². The molecule has 0 saturated carbocycles. The maximum absolute atomic E-state index is 11.5. The van der Waals surface area contributed by atoms with E-state index in [4.69, 9.17) is 9.47 Å². The van der Waals surface area contributed by atoms with Crippen molar-refractivity contribution >= 4 is 19.8 Å². The van der Waals surface area contributed by atoms with E-state index in [0.29, 0.717) is 0 Å². The zero-order valence-corrected chi connectivity index (χ0v) is 17.6. The monoisotopic (exact) mass is 372 g/mol. The van der Waals surface area contributed by atoms with E-state index in [2.05, 4.69) is 22.2 Å². The molecule has 0 aromatic carbocycles. The van der Waals surface area contributed by atoms with E-state index >= 15 is 0 Å². The molecule has 0 N–H and O–H groups in total. The smallest absolute Gasteiger partial charge is 0.756 e. The van der Waals surface area contributed by atoms with Crippen molar-refractivity contribution in [1.82, 2.24) is 0 Å². The summed E-state index contributed by atoms with van der Waals surface area (Å²) >= 11 is 0. The Bertz CT molecular complexity index is 477. The number of phosphoric acid groups is 1. The third-order valence-corrected chi connectivity index (χ3v) is 3.18. The van der Waals surface area contributed by atoms with E-state index in [9.17, 15) is 19.0 Å². The Morgan fingerprint density at radius 2 is 1.25 bits per heavy atom. The molecule has 0 fully saturated rings. The molecule has 0 aromatic heterocycles. The quantitative estimate of drug-likeness (QED) is 0.197. The molecular formula is C14H22NaO8P. The van der Waals surface area contributed by atoms with E-state index in [0.717, 1.165) is 0 Å². The molecule has 0 bridgehead atoms. The maximum atomic E-state index is 11.5. The molecule has 0 aliphatic heterocycles. The zero-order valence-electron chi connectivity index (χ0n) is 14.7. The zero-order chi connectivity index (χ0) is 18.2. The van der Waals surface area contributed by atoms with Gasteiger partial charge < -0.3 is 23.4 Å². The third-order valence-electron chi connectivity index (χ3n) is 2.25. The number of rotatable bonds is 10. The topological polar surface area (TPSA) is 111 Å². The third kappa shape index (κ3) is 12.0. The molecule has 10 heteroatoms. The summed E-state index contributed by atoms with van der Waals surface area (Å²) in [5.41, 5.74) is 0.373. The fraction of sp³-hybridized carbons (Fsp3) is 0.571. The van der Waals surface area contributed by atoms with E-state index < -0.39 is 45.2 Å². The second-order valence-corrected chi connectivity index (χ2v) is 6.44. The molecule has 0 spiro atoms. The van der Waals surface area contributed by atoms with Crippen molar-refractivity contribution in [2.45, 2.75) is 39.9 Å². The van der Waals surface area contributed by atoms with Gasteiger partial charge in [0.25, 0.3) is 7.82 Å². The van der Waals surface area contributed by atoms with Crippen LogP contribution < -0.4 is 34.5 Å². The molecule has 0 saturated heterocycles. The van der Waals surface area contributed by atoms with Crippen LogP contribution in [0.1, 0.15) is 27.7 Å². The van der Waals surface area contributed by atoms with Crippen LogP contribution in [0.3, 0.4) is 0 Å². The summed E-state index contributed by atoms with van der Waals surface area (Å²) in [6.45, 7) is 11.8. The van der Waals surface area contributed by atoms with Gasteiger partial charge in [-0.15, -0.1) is 0 Å². The van der Waals surface area contributed by atoms with Crippen LogP contribution >= 0.6 is 7.82 Å². The van der Waals surface area contributed by atoms with Gasteiger partial charge in [-0.25, -0.2) is 9.59 Å². The summed E-state index contributed by atoms with van der Waals surface area (Å²) in [4.78, 5) is 34.0. The molecular weight excluding hydrogens is 350 g/mol. The van der Waals surface area contributed by atoms with Gasteiger partial charge >= 0.3 is 41.5 Å².